The molecule has 2 rings (SSSR count). The summed E-state index contributed by atoms with van der Waals surface area (Å²) in [5, 5.41) is 3.45. The van der Waals surface area contributed by atoms with Crippen LogP contribution in [-0.4, -0.2) is 21.8 Å². The van der Waals surface area contributed by atoms with Crippen LogP contribution in [0, 0.1) is 12.3 Å². The second-order valence-corrected chi connectivity index (χ2v) is 5.69. The van der Waals surface area contributed by atoms with Crippen molar-refractivity contribution in [3.63, 3.8) is 0 Å². The number of rotatable bonds is 2. The van der Waals surface area contributed by atoms with Gasteiger partial charge in [0.25, 0.3) is 0 Å². The molecule has 1 N–H and O–H groups in total. The second-order valence-electron chi connectivity index (χ2n) is 3.99. The van der Waals surface area contributed by atoms with Gasteiger partial charge in [0.2, 0.25) is 0 Å². The first-order chi connectivity index (χ1) is 7.78. The maximum atomic E-state index is 11.2. The summed E-state index contributed by atoms with van der Waals surface area (Å²) in [5.74, 6) is 4.25. The summed E-state index contributed by atoms with van der Waals surface area (Å²) >= 11 is 0. The number of terminal acetylenes is 1. The Morgan fingerprint density at radius 3 is 2.81 bits per heavy atom. The highest BCUT2D eigenvalue weighted by Gasteiger charge is 2.17. The monoisotopic (exact) mass is 233 g/mol. The quantitative estimate of drug-likeness (QED) is 0.792. The van der Waals surface area contributed by atoms with E-state index in [4.69, 9.17) is 6.42 Å². The lowest BCUT2D eigenvalue weighted by Gasteiger charge is -2.23. The number of benzene rings is 1. The van der Waals surface area contributed by atoms with Crippen LogP contribution in [-0.2, 0) is 10.8 Å². The molecule has 0 bridgehead atoms. The van der Waals surface area contributed by atoms with E-state index in [1.54, 1.807) is 0 Å². The van der Waals surface area contributed by atoms with E-state index in [0.717, 1.165) is 35.6 Å². The molecule has 0 atom stereocenters. The SMILES string of the molecule is C#Cc1cccc(NC2CCS(=O)CC2)c1. The molecule has 84 valence electrons. The first-order valence-electron chi connectivity index (χ1n) is 5.46. The van der Waals surface area contributed by atoms with E-state index >= 15 is 0 Å². The highest BCUT2D eigenvalue weighted by atomic mass is 32.2. The summed E-state index contributed by atoms with van der Waals surface area (Å²) in [6.07, 6.45) is 7.31. The molecular weight excluding hydrogens is 218 g/mol. The predicted molar refractivity (Wildman–Crippen MR) is 68.9 cm³/mol. The highest BCUT2D eigenvalue weighted by molar-refractivity contribution is 7.85. The van der Waals surface area contributed by atoms with Crippen molar-refractivity contribution in [3.8, 4) is 12.3 Å². The van der Waals surface area contributed by atoms with Gasteiger partial charge in [0.15, 0.2) is 0 Å². The Labute approximate surface area is 98.9 Å². The zero-order chi connectivity index (χ0) is 11.4. The summed E-state index contributed by atoms with van der Waals surface area (Å²) in [5.41, 5.74) is 1.96. The van der Waals surface area contributed by atoms with E-state index in [1.807, 2.05) is 24.3 Å². The molecule has 16 heavy (non-hydrogen) atoms. The van der Waals surface area contributed by atoms with E-state index in [1.165, 1.54) is 0 Å². The molecule has 0 unspecified atom stereocenters. The van der Waals surface area contributed by atoms with Crippen molar-refractivity contribution in [2.24, 2.45) is 0 Å². The Hall–Kier alpha value is -1.27. The van der Waals surface area contributed by atoms with Crippen LogP contribution < -0.4 is 5.32 Å². The largest absolute Gasteiger partial charge is 0.382 e. The minimum Gasteiger partial charge on any atom is -0.382 e. The molecule has 2 nitrogen and oxygen atoms in total. The molecule has 1 aliphatic heterocycles. The van der Waals surface area contributed by atoms with Crippen molar-refractivity contribution < 1.29 is 4.21 Å². The molecule has 1 aromatic rings. The molecule has 0 radical (unpaired) electrons. The van der Waals surface area contributed by atoms with Gasteiger partial charge < -0.3 is 5.32 Å². The van der Waals surface area contributed by atoms with Crippen LogP contribution in [0.25, 0.3) is 0 Å². The van der Waals surface area contributed by atoms with Crippen LogP contribution in [0.2, 0.25) is 0 Å². The molecule has 0 spiro atoms. The van der Waals surface area contributed by atoms with Gasteiger partial charge >= 0.3 is 0 Å². The molecule has 1 aromatic carbocycles. The van der Waals surface area contributed by atoms with Crippen LogP contribution in [0.5, 0.6) is 0 Å². The Bertz CT molecular complexity index is 426. The van der Waals surface area contributed by atoms with Crippen molar-refractivity contribution >= 4 is 16.5 Å². The summed E-state index contributed by atoms with van der Waals surface area (Å²) in [7, 11) is -0.597. The third kappa shape index (κ3) is 2.86. The van der Waals surface area contributed by atoms with Crippen molar-refractivity contribution in [3.05, 3.63) is 29.8 Å². The van der Waals surface area contributed by atoms with Crippen LogP contribution in [0.1, 0.15) is 18.4 Å². The molecule has 0 amide bonds. The van der Waals surface area contributed by atoms with E-state index in [0.29, 0.717) is 6.04 Å². The second kappa shape index (κ2) is 5.18. The third-order valence-electron chi connectivity index (χ3n) is 2.79. The van der Waals surface area contributed by atoms with Gasteiger partial charge in [-0.15, -0.1) is 6.42 Å². The Morgan fingerprint density at radius 1 is 1.38 bits per heavy atom. The number of anilines is 1. The lowest BCUT2D eigenvalue weighted by molar-refractivity contribution is 0.624. The number of hydrogen-bond acceptors (Lipinski definition) is 2. The van der Waals surface area contributed by atoms with Crippen LogP contribution in [0.3, 0.4) is 0 Å². The third-order valence-corrected chi connectivity index (χ3v) is 4.17. The van der Waals surface area contributed by atoms with Gasteiger partial charge in [-0.2, -0.15) is 0 Å². The fourth-order valence-corrected chi connectivity index (χ4v) is 3.17. The first-order valence-corrected chi connectivity index (χ1v) is 6.95. The fraction of sp³-hybridized carbons (Fsp3) is 0.385. The lowest BCUT2D eigenvalue weighted by atomic mass is 10.1. The van der Waals surface area contributed by atoms with E-state index in [-0.39, 0.29) is 0 Å². The zero-order valence-electron chi connectivity index (χ0n) is 9.11. The average molecular weight is 233 g/mol. The molecule has 0 aliphatic carbocycles. The molecule has 0 saturated carbocycles. The molecule has 1 aliphatic rings. The van der Waals surface area contributed by atoms with Gasteiger partial charge in [0.05, 0.1) is 0 Å². The summed E-state index contributed by atoms with van der Waals surface area (Å²) in [4.78, 5) is 0. The standard InChI is InChI=1S/C13H15NOS/c1-2-11-4-3-5-13(10-11)14-12-6-8-16(15)9-7-12/h1,3-5,10,12,14H,6-9H2. The summed E-state index contributed by atoms with van der Waals surface area (Å²) < 4.78 is 11.2. The topological polar surface area (TPSA) is 29.1 Å². The molecular formula is C13H15NOS. The Kier molecular flexibility index (Phi) is 3.63. The van der Waals surface area contributed by atoms with Crippen LogP contribution in [0.4, 0.5) is 5.69 Å². The smallest absolute Gasteiger partial charge is 0.0354 e. The normalized spacial score (nSPS) is 24.7. The van der Waals surface area contributed by atoms with Crippen molar-refractivity contribution in [2.75, 3.05) is 16.8 Å². The number of nitrogens with one attached hydrogen (secondary N) is 1. The first kappa shape index (κ1) is 11.2. The van der Waals surface area contributed by atoms with E-state index in [2.05, 4.69) is 11.2 Å². The maximum Gasteiger partial charge on any atom is 0.0354 e. The Morgan fingerprint density at radius 2 is 2.12 bits per heavy atom. The van der Waals surface area contributed by atoms with Gasteiger partial charge in [-0.25, -0.2) is 0 Å². The lowest BCUT2D eigenvalue weighted by Crippen LogP contribution is -2.29. The number of hydrogen-bond donors (Lipinski definition) is 1. The van der Waals surface area contributed by atoms with Gasteiger partial charge in [-0.3, -0.25) is 4.21 Å². The molecule has 1 fully saturated rings. The zero-order valence-corrected chi connectivity index (χ0v) is 9.93. The molecule has 0 aromatic heterocycles. The Balaban J connectivity index is 1.98. The van der Waals surface area contributed by atoms with Crippen molar-refractivity contribution in [2.45, 2.75) is 18.9 Å². The highest BCUT2D eigenvalue weighted by Crippen LogP contribution is 2.17. The maximum absolute atomic E-state index is 11.2. The van der Waals surface area contributed by atoms with Crippen molar-refractivity contribution in [1.82, 2.24) is 0 Å². The molecule has 1 saturated heterocycles. The summed E-state index contributed by atoms with van der Waals surface area (Å²) in [6, 6.07) is 8.31. The van der Waals surface area contributed by atoms with E-state index < -0.39 is 10.8 Å². The fourth-order valence-electron chi connectivity index (χ4n) is 1.87. The molecule has 3 heteroatoms. The van der Waals surface area contributed by atoms with Crippen LogP contribution in [0.15, 0.2) is 24.3 Å². The summed E-state index contributed by atoms with van der Waals surface area (Å²) in [6.45, 7) is 0. The van der Waals surface area contributed by atoms with Gasteiger partial charge in [-0.1, -0.05) is 12.0 Å². The predicted octanol–water partition coefficient (Wildman–Crippen LogP) is 1.99. The average Bonchev–Trinajstić information content (AvgIpc) is 2.32. The van der Waals surface area contributed by atoms with Gasteiger partial charge in [0.1, 0.15) is 0 Å². The van der Waals surface area contributed by atoms with Gasteiger partial charge in [-0.05, 0) is 31.0 Å². The van der Waals surface area contributed by atoms with Gasteiger partial charge in [0, 0.05) is 39.6 Å². The molecule has 1 heterocycles. The minimum atomic E-state index is -0.597. The van der Waals surface area contributed by atoms with Crippen LogP contribution >= 0.6 is 0 Å². The van der Waals surface area contributed by atoms with Crippen molar-refractivity contribution in [1.29, 1.82) is 0 Å². The minimum absolute atomic E-state index is 0.436. The van der Waals surface area contributed by atoms with E-state index in [9.17, 15) is 4.21 Å².